The lowest BCUT2D eigenvalue weighted by Crippen LogP contribution is -2.31. The molecule has 0 amide bonds. The molecule has 2 unspecified atom stereocenters. The highest BCUT2D eigenvalue weighted by Crippen LogP contribution is 2.22. The van der Waals surface area contributed by atoms with Crippen LogP contribution in [-0.4, -0.2) is 32.1 Å². The first kappa shape index (κ1) is 14.5. The van der Waals surface area contributed by atoms with Crippen molar-refractivity contribution in [1.82, 2.24) is 10.2 Å². The Kier molecular flexibility index (Phi) is 5.96. The van der Waals surface area contributed by atoms with Gasteiger partial charge in [0.15, 0.2) is 0 Å². The zero-order valence-corrected chi connectivity index (χ0v) is 12.0. The van der Waals surface area contributed by atoms with Gasteiger partial charge in [0, 0.05) is 17.6 Å². The van der Waals surface area contributed by atoms with Gasteiger partial charge < -0.3 is 5.32 Å². The smallest absolute Gasteiger partial charge is 0.0409 e. The first-order valence-electron chi connectivity index (χ1n) is 6.15. The summed E-state index contributed by atoms with van der Waals surface area (Å²) in [6.45, 7) is 6.61. The van der Waals surface area contributed by atoms with Gasteiger partial charge in [-0.3, -0.25) is 4.90 Å². The van der Waals surface area contributed by atoms with Gasteiger partial charge in [0.05, 0.1) is 0 Å². The molecule has 17 heavy (non-hydrogen) atoms. The Balaban J connectivity index is 2.60. The molecule has 0 spiro atoms. The van der Waals surface area contributed by atoms with Gasteiger partial charge in [0.25, 0.3) is 0 Å². The van der Waals surface area contributed by atoms with Crippen molar-refractivity contribution in [3.63, 3.8) is 0 Å². The summed E-state index contributed by atoms with van der Waals surface area (Å²) in [6, 6.07) is 8.51. The van der Waals surface area contributed by atoms with Crippen LogP contribution in [0.25, 0.3) is 0 Å². The standard InChI is InChI=1S/C14H23ClN2/c1-11(9-16-3)10-17(4)12(2)13-6-5-7-14(15)8-13/h5-8,11-12,16H,9-10H2,1-4H3. The van der Waals surface area contributed by atoms with Crippen LogP contribution in [0.1, 0.15) is 25.5 Å². The van der Waals surface area contributed by atoms with Crippen molar-refractivity contribution in [2.45, 2.75) is 19.9 Å². The molecule has 0 saturated carbocycles. The Labute approximate surface area is 110 Å². The number of hydrogen-bond donors (Lipinski definition) is 1. The highest BCUT2D eigenvalue weighted by Gasteiger charge is 2.14. The van der Waals surface area contributed by atoms with Crippen LogP contribution in [0.3, 0.4) is 0 Å². The first-order chi connectivity index (χ1) is 8.04. The molecule has 0 aliphatic carbocycles. The van der Waals surface area contributed by atoms with Crippen LogP contribution in [0.5, 0.6) is 0 Å². The Morgan fingerprint density at radius 3 is 2.65 bits per heavy atom. The van der Waals surface area contributed by atoms with Crippen molar-refractivity contribution >= 4 is 11.6 Å². The summed E-state index contributed by atoms with van der Waals surface area (Å²) in [5.74, 6) is 0.645. The molecule has 0 saturated heterocycles. The maximum atomic E-state index is 6.02. The fourth-order valence-corrected chi connectivity index (χ4v) is 2.28. The molecule has 2 atom stereocenters. The Morgan fingerprint density at radius 2 is 2.06 bits per heavy atom. The molecular weight excluding hydrogens is 232 g/mol. The van der Waals surface area contributed by atoms with Gasteiger partial charge in [-0.25, -0.2) is 0 Å². The first-order valence-corrected chi connectivity index (χ1v) is 6.52. The summed E-state index contributed by atoms with van der Waals surface area (Å²) >= 11 is 6.02. The van der Waals surface area contributed by atoms with Crippen LogP contribution >= 0.6 is 11.6 Å². The van der Waals surface area contributed by atoms with Crippen LogP contribution in [0, 0.1) is 5.92 Å². The summed E-state index contributed by atoms with van der Waals surface area (Å²) in [5.41, 5.74) is 1.27. The minimum atomic E-state index is 0.396. The summed E-state index contributed by atoms with van der Waals surface area (Å²) in [5, 5.41) is 4.02. The van der Waals surface area contributed by atoms with Gasteiger partial charge in [-0.2, -0.15) is 0 Å². The molecule has 0 aliphatic rings. The fraction of sp³-hybridized carbons (Fsp3) is 0.571. The van der Waals surface area contributed by atoms with Gasteiger partial charge in [-0.05, 0) is 51.2 Å². The molecule has 0 bridgehead atoms. The van der Waals surface area contributed by atoms with Crippen molar-refractivity contribution in [2.75, 3.05) is 27.2 Å². The second-order valence-corrected chi connectivity index (χ2v) is 5.27. The van der Waals surface area contributed by atoms with E-state index in [0.29, 0.717) is 12.0 Å². The third kappa shape index (κ3) is 4.66. The normalized spacial score (nSPS) is 14.9. The van der Waals surface area contributed by atoms with E-state index < -0.39 is 0 Å². The van der Waals surface area contributed by atoms with E-state index >= 15 is 0 Å². The molecule has 1 N–H and O–H groups in total. The minimum Gasteiger partial charge on any atom is -0.319 e. The number of rotatable bonds is 6. The fourth-order valence-electron chi connectivity index (χ4n) is 2.08. The van der Waals surface area contributed by atoms with E-state index in [0.717, 1.165) is 18.1 Å². The summed E-state index contributed by atoms with van der Waals surface area (Å²) in [6.07, 6.45) is 0. The maximum Gasteiger partial charge on any atom is 0.0409 e. The SMILES string of the molecule is CNCC(C)CN(C)C(C)c1cccc(Cl)c1. The van der Waals surface area contributed by atoms with Gasteiger partial charge in [0.1, 0.15) is 0 Å². The predicted octanol–water partition coefficient (Wildman–Crippen LogP) is 3.19. The van der Waals surface area contributed by atoms with E-state index in [1.54, 1.807) is 0 Å². The molecule has 3 heteroatoms. The van der Waals surface area contributed by atoms with E-state index in [-0.39, 0.29) is 0 Å². The molecule has 0 fully saturated rings. The molecule has 2 nitrogen and oxygen atoms in total. The third-order valence-electron chi connectivity index (χ3n) is 3.14. The lowest BCUT2D eigenvalue weighted by atomic mass is 10.1. The molecule has 96 valence electrons. The van der Waals surface area contributed by atoms with Gasteiger partial charge >= 0.3 is 0 Å². The predicted molar refractivity (Wildman–Crippen MR) is 75.6 cm³/mol. The van der Waals surface area contributed by atoms with Crippen molar-refractivity contribution in [2.24, 2.45) is 5.92 Å². The van der Waals surface area contributed by atoms with Crippen molar-refractivity contribution in [3.8, 4) is 0 Å². The van der Waals surface area contributed by atoms with Crippen molar-refractivity contribution in [3.05, 3.63) is 34.9 Å². The van der Waals surface area contributed by atoms with Crippen LogP contribution in [0.4, 0.5) is 0 Å². The highest BCUT2D eigenvalue weighted by molar-refractivity contribution is 6.30. The zero-order valence-electron chi connectivity index (χ0n) is 11.2. The average molecular weight is 255 g/mol. The maximum absolute atomic E-state index is 6.02. The van der Waals surface area contributed by atoms with Crippen molar-refractivity contribution in [1.29, 1.82) is 0 Å². The Hall–Kier alpha value is -0.570. The number of hydrogen-bond acceptors (Lipinski definition) is 2. The quantitative estimate of drug-likeness (QED) is 0.839. The lowest BCUT2D eigenvalue weighted by Gasteiger charge is -2.28. The number of halogens is 1. The largest absolute Gasteiger partial charge is 0.319 e. The highest BCUT2D eigenvalue weighted by atomic mass is 35.5. The molecule has 0 heterocycles. The lowest BCUT2D eigenvalue weighted by molar-refractivity contribution is 0.225. The van der Waals surface area contributed by atoms with Gasteiger partial charge in [-0.15, -0.1) is 0 Å². The van der Waals surface area contributed by atoms with Crippen LogP contribution < -0.4 is 5.32 Å². The molecule has 1 rings (SSSR count). The zero-order chi connectivity index (χ0) is 12.8. The topological polar surface area (TPSA) is 15.3 Å². The Morgan fingerprint density at radius 1 is 1.35 bits per heavy atom. The Bertz CT molecular complexity index is 341. The second-order valence-electron chi connectivity index (χ2n) is 4.83. The van der Waals surface area contributed by atoms with Gasteiger partial charge in [-0.1, -0.05) is 30.7 Å². The molecule has 1 aromatic carbocycles. The molecule has 0 aromatic heterocycles. The van der Waals surface area contributed by atoms with Crippen LogP contribution in [-0.2, 0) is 0 Å². The summed E-state index contributed by atoms with van der Waals surface area (Å²) in [7, 11) is 4.16. The third-order valence-corrected chi connectivity index (χ3v) is 3.38. The second kappa shape index (κ2) is 7.00. The van der Waals surface area contributed by atoms with Crippen molar-refractivity contribution < 1.29 is 0 Å². The molecule has 1 aromatic rings. The van der Waals surface area contributed by atoms with E-state index in [1.165, 1.54) is 5.56 Å². The number of benzene rings is 1. The molecular formula is C14H23ClN2. The van der Waals surface area contributed by atoms with Crippen LogP contribution in [0.15, 0.2) is 24.3 Å². The summed E-state index contributed by atoms with van der Waals surface area (Å²) < 4.78 is 0. The molecule has 0 aliphatic heterocycles. The van der Waals surface area contributed by atoms with E-state index in [2.05, 4.69) is 37.2 Å². The summed E-state index contributed by atoms with van der Waals surface area (Å²) in [4.78, 5) is 2.37. The monoisotopic (exact) mass is 254 g/mol. The molecule has 0 radical (unpaired) electrons. The van der Waals surface area contributed by atoms with E-state index in [1.807, 2.05) is 25.2 Å². The van der Waals surface area contributed by atoms with Crippen LogP contribution in [0.2, 0.25) is 5.02 Å². The van der Waals surface area contributed by atoms with E-state index in [9.17, 15) is 0 Å². The van der Waals surface area contributed by atoms with E-state index in [4.69, 9.17) is 11.6 Å². The number of nitrogens with one attached hydrogen (secondary N) is 1. The average Bonchev–Trinajstić information content (AvgIpc) is 2.28. The number of nitrogens with zero attached hydrogens (tertiary/aromatic N) is 1. The minimum absolute atomic E-state index is 0.396. The van der Waals surface area contributed by atoms with Gasteiger partial charge in [0.2, 0.25) is 0 Å².